The molecular formula is C4H7B2N. The van der Waals surface area contributed by atoms with Gasteiger partial charge in [-0.1, -0.05) is 0 Å². The predicted molar refractivity (Wildman–Crippen MR) is 36.1 cm³/mol. The van der Waals surface area contributed by atoms with Gasteiger partial charge in [0.15, 0.2) is 0 Å². The Morgan fingerprint density at radius 3 is 2.57 bits per heavy atom. The fourth-order valence-corrected chi connectivity index (χ4v) is 0.219. The fourth-order valence-electron chi connectivity index (χ4n) is 0.219. The summed E-state index contributed by atoms with van der Waals surface area (Å²) in [4.78, 5) is 3.81. The molecule has 0 rings (SSSR count). The van der Waals surface area contributed by atoms with Crippen LogP contribution in [0.2, 0.25) is 0 Å². The van der Waals surface area contributed by atoms with Crippen molar-refractivity contribution >= 4 is 14.7 Å². The van der Waals surface area contributed by atoms with E-state index in [0.29, 0.717) is 5.70 Å². The van der Waals surface area contributed by atoms with Crippen LogP contribution in [0.15, 0.2) is 29.8 Å². The van der Waals surface area contributed by atoms with Gasteiger partial charge in [-0.2, -0.15) is 0 Å². The number of nitrogens with zero attached hydrogens (tertiary/aromatic N) is 1. The second-order valence-corrected chi connectivity index (χ2v) is 1.08. The Balaban J connectivity index is 3.58. The van der Waals surface area contributed by atoms with Gasteiger partial charge in [0.05, 0.1) is 0 Å². The third kappa shape index (κ3) is 3.23. The van der Waals surface area contributed by atoms with E-state index in [1.54, 1.807) is 13.0 Å². The van der Waals surface area contributed by atoms with Gasteiger partial charge in [-0.25, -0.2) is 0 Å². The molecule has 0 spiro atoms. The first-order valence-corrected chi connectivity index (χ1v) is 2.11. The van der Waals surface area contributed by atoms with Gasteiger partial charge in [0.25, 0.3) is 0 Å². The second kappa shape index (κ2) is 3.59. The topological polar surface area (TPSA) is 12.4 Å². The Morgan fingerprint density at radius 1 is 1.86 bits per heavy atom. The van der Waals surface area contributed by atoms with Gasteiger partial charge in [0, 0.05) is 0 Å². The molecule has 0 atom stereocenters. The summed E-state index contributed by atoms with van der Waals surface area (Å²) in [6.07, 6.45) is 1.61. The molecule has 0 saturated heterocycles. The molecule has 0 aromatic carbocycles. The minimum absolute atomic E-state index is 0.711. The molecule has 0 amide bonds. The van der Waals surface area contributed by atoms with Gasteiger partial charge < -0.3 is 0 Å². The fraction of sp³-hybridized carbons (Fsp3) is 0. The van der Waals surface area contributed by atoms with Gasteiger partial charge in [-0.15, -0.1) is 0 Å². The maximum absolute atomic E-state index is 3.81. The zero-order chi connectivity index (χ0) is 5.70. The van der Waals surface area contributed by atoms with E-state index in [1.165, 1.54) is 0 Å². The van der Waals surface area contributed by atoms with Crippen molar-refractivity contribution in [3.63, 3.8) is 0 Å². The third-order valence-electron chi connectivity index (χ3n) is 0.531. The van der Waals surface area contributed by atoms with Gasteiger partial charge in [0.2, 0.25) is 0 Å². The van der Waals surface area contributed by atoms with Crippen molar-refractivity contribution in [2.45, 2.75) is 0 Å². The molecule has 0 radical (unpaired) electrons. The zero-order valence-electron chi connectivity index (χ0n) is 4.52. The molecule has 34 valence electrons. The maximum atomic E-state index is 3.81. The van der Waals surface area contributed by atoms with Gasteiger partial charge in [-0.05, 0) is 0 Å². The van der Waals surface area contributed by atoms with E-state index < -0.39 is 0 Å². The van der Waals surface area contributed by atoms with E-state index >= 15 is 0 Å². The monoisotopic (exact) mass is 91.1 g/mol. The number of hydrogen-bond acceptors (Lipinski definition) is 1. The van der Waals surface area contributed by atoms with Crippen LogP contribution in [0, 0.1) is 0 Å². The summed E-state index contributed by atoms with van der Waals surface area (Å²) in [6, 6.07) is 0. The van der Waals surface area contributed by atoms with Crippen LogP contribution in [-0.4, -0.2) is 14.7 Å². The van der Waals surface area contributed by atoms with Gasteiger partial charge >= 0.3 is 44.5 Å². The van der Waals surface area contributed by atoms with Crippen LogP contribution < -0.4 is 0 Å². The molecule has 1 nitrogen and oxygen atoms in total. The molecule has 0 aliphatic carbocycles. The molecule has 0 saturated carbocycles. The quantitative estimate of drug-likeness (QED) is 0.338. The van der Waals surface area contributed by atoms with Gasteiger partial charge in [-0.3, -0.25) is 0 Å². The van der Waals surface area contributed by atoms with Gasteiger partial charge in [0.1, 0.15) is 0 Å². The Labute approximate surface area is 45.5 Å². The molecule has 0 heterocycles. The summed E-state index contributed by atoms with van der Waals surface area (Å²) in [6.45, 7) is 8.70. The Kier molecular flexibility index (Phi) is 3.29. The van der Waals surface area contributed by atoms with Crippen molar-refractivity contribution in [2.75, 3.05) is 0 Å². The van der Waals surface area contributed by atoms with E-state index in [1.807, 2.05) is 7.74 Å². The Hall–Kier alpha value is -0.590. The first kappa shape index (κ1) is 6.41. The average molecular weight is 90.7 g/mol. The van der Waals surface area contributed by atoms with Crippen LogP contribution >= 0.6 is 0 Å². The molecule has 0 unspecified atom stereocenters. The average Bonchev–Trinajstić information content (AvgIpc) is 1.68. The predicted octanol–water partition coefficient (Wildman–Crippen LogP) is 0.122. The van der Waals surface area contributed by atoms with Crippen LogP contribution in [0.5, 0.6) is 0 Å². The number of hydrogen-bond donors (Lipinski definition) is 0. The first-order valence-electron chi connectivity index (χ1n) is 2.11. The molecular weight excluding hydrogens is 83.7 g/mol. The van der Waals surface area contributed by atoms with Crippen molar-refractivity contribution in [1.82, 2.24) is 0 Å². The minimum atomic E-state index is 0.711. The second-order valence-electron chi connectivity index (χ2n) is 1.08. The molecule has 3 heteroatoms. The Bertz CT molecular complexity index is 106. The standard InChI is InChI=1S/C4H7B2N/c1-3-4(2)7-6-5/h3H,1-2,5H2. The van der Waals surface area contributed by atoms with Crippen molar-refractivity contribution in [2.24, 2.45) is 4.90 Å². The van der Waals surface area contributed by atoms with Crippen LogP contribution in [0.1, 0.15) is 0 Å². The normalized spacial score (nSPS) is 8.00. The summed E-state index contributed by atoms with van der Waals surface area (Å²) in [7, 11) is 1.84. The third-order valence-corrected chi connectivity index (χ3v) is 0.531. The van der Waals surface area contributed by atoms with E-state index in [4.69, 9.17) is 0 Å². The molecule has 7 heavy (non-hydrogen) atoms. The van der Waals surface area contributed by atoms with E-state index in [2.05, 4.69) is 18.1 Å². The summed E-state index contributed by atoms with van der Waals surface area (Å²) in [5.74, 6) is 0. The molecule has 0 aliphatic heterocycles. The van der Waals surface area contributed by atoms with Crippen molar-refractivity contribution in [3.8, 4) is 0 Å². The van der Waals surface area contributed by atoms with Crippen LogP contribution in [0.3, 0.4) is 0 Å². The molecule has 0 aromatic heterocycles. The van der Waals surface area contributed by atoms with Crippen molar-refractivity contribution in [1.29, 1.82) is 0 Å². The van der Waals surface area contributed by atoms with Crippen LogP contribution in [-0.2, 0) is 0 Å². The molecule has 0 bridgehead atoms. The number of allylic oxidation sites excluding steroid dienone is 1. The zero-order valence-corrected chi connectivity index (χ0v) is 4.52. The summed E-state index contributed by atoms with van der Waals surface area (Å²) >= 11 is 0. The SMILES string of the molecule is BB=NC(=C)C=C. The molecule has 0 fully saturated rings. The summed E-state index contributed by atoms with van der Waals surface area (Å²) in [5, 5.41) is 0. The first-order chi connectivity index (χ1) is 3.31. The molecule has 0 N–H and O–H groups in total. The Morgan fingerprint density at radius 2 is 2.43 bits per heavy atom. The summed E-state index contributed by atoms with van der Waals surface area (Å²) < 4.78 is 0. The van der Waals surface area contributed by atoms with E-state index in [-0.39, 0.29) is 0 Å². The van der Waals surface area contributed by atoms with Crippen LogP contribution in [0.4, 0.5) is 0 Å². The molecule has 0 aromatic rings. The number of rotatable bonds is 2. The van der Waals surface area contributed by atoms with Crippen molar-refractivity contribution in [3.05, 3.63) is 24.9 Å². The summed E-state index contributed by atoms with van der Waals surface area (Å²) in [5.41, 5.74) is 0.711. The molecule has 0 aliphatic rings. The van der Waals surface area contributed by atoms with Crippen molar-refractivity contribution < 1.29 is 0 Å². The van der Waals surface area contributed by atoms with E-state index in [0.717, 1.165) is 0 Å². The van der Waals surface area contributed by atoms with Crippen LogP contribution in [0.25, 0.3) is 0 Å². The van der Waals surface area contributed by atoms with E-state index in [9.17, 15) is 0 Å².